The van der Waals surface area contributed by atoms with Gasteiger partial charge in [0.1, 0.15) is 17.1 Å². The molecule has 0 spiro atoms. The molecule has 0 aliphatic rings. The maximum atomic E-state index is 12.2. The Morgan fingerprint density at radius 1 is 1.10 bits per heavy atom. The normalized spacial score (nSPS) is 10.1. The Bertz CT molecular complexity index is 478. The maximum Gasteiger partial charge on any atom is 0.259 e. The molecular formula is C15H22N2O4. The molecule has 0 aliphatic carbocycles. The minimum Gasteiger partial charge on any atom is -0.496 e. The molecular weight excluding hydrogens is 272 g/mol. The molecule has 0 saturated heterocycles. The van der Waals surface area contributed by atoms with Gasteiger partial charge in [0.2, 0.25) is 5.91 Å². The van der Waals surface area contributed by atoms with Crippen LogP contribution in [0.1, 0.15) is 24.2 Å². The Hall–Kier alpha value is -2.24. The van der Waals surface area contributed by atoms with Gasteiger partial charge in [0.05, 0.1) is 20.8 Å². The summed E-state index contributed by atoms with van der Waals surface area (Å²) in [5, 5.41) is 5.29. The molecule has 1 aromatic rings. The van der Waals surface area contributed by atoms with Gasteiger partial charge in [-0.05, 0) is 18.1 Å². The molecule has 21 heavy (non-hydrogen) atoms. The summed E-state index contributed by atoms with van der Waals surface area (Å²) >= 11 is 0. The molecule has 0 aromatic heterocycles. The Kier molecular flexibility index (Phi) is 6.52. The summed E-state index contributed by atoms with van der Waals surface area (Å²) in [5.41, 5.74) is 0.277. The Balaban J connectivity index is 2.70. The molecule has 2 amide bonds. The van der Waals surface area contributed by atoms with Gasteiger partial charge < -0.3 is 20.1 Å². The molecule has 0 heterocycles. The van der Waals surface area contributed by atoms with Gasteiger partial charge in [-0.2, -0.15) is 0 Å². The fourth-order valence-electron chi connectivity index (χ4n) is 1.70. The first-order valence-electron chi connectivity index (χ1n) is 6.75. The third-order valence-electron chi connectivity index (χ3n) is 2.77. The number of carbonyl (C=O) groups excluding carboxylic acids is 2. The smallest absolute Gasteiger partial charge is 0.259 e. The molecule has 1 rings (SSSR count). The van der Waals surface area contributed by atoms with E-state index in [1.807, 2.05) is 13.8 Å². The second-order valence-electron chi connectivity index (χ2n) is 4.92. The van der Waals surface area contributed by atoms with Crippen molar-refractivity contribution in [1.82, 2.24) is 10.6 Å². The van der Waals surface area contributed by atoms with Crippen LogP contribution < -0.4 is 20.1 Å². The highest BCUT2D eigenvalue weighted by atomic mass is 16.5. The zero-order valence-electron chi connectivity index (χ0n) is 12.9. The van der Waals surface area contributed by atoms with Crippen molar-refractivity contribution < 1.29 is 19.1 Å². The topological polar surface area (TPSA) is 76.7 Å². The molecule has 2 N–H and O–H groups in total. The second-order valence-corrected chi connectivity index (χ2v) is 4.92. The lowest BCUT2D eigenvalue weighted by atomic mass is 10.1. The highest BCUT2D eigenvalue weighted by Gasteiger charge is 2.18. The maximum absolute atomic E-state index is 12.2. The van der Waals surface area contributed by atoms with Crippen molar-refractivity contribution in [3.05, 3.63) is 23.8 Å². The van der Waals surface area contributed by atoms with E-state index < -0.39 is 5.91 Å². The monoisotopic (exact) mass is 294 g/mol. The second kappa shape index (κ2) is 8.14. The number of nitrogens with one attached hydrogen (secondary N) is 2. The quantitative estimate of drug-likeness (QED) is 0.792. The van der Waals surface area contributed by atoms with E-state index in [4.69, 9.17) is 9.47 Å². The summed E-state index contributed by atoms with van der Waals surface area (Å²) in [4.78, 5) is 23.8. The van der Waals surface area contributed by atoms with E-state index >= 15 is 0 Å². The Morgan fingerprint density at radius 3 is 2.14 bits per heavy atom. The number of hydrogen-bond donors (Lipinski definition) is 2. The van der Waals surface area contributed by atoms with Crippen molar-refractivity contribution in [2.45, 2.75) is 13.8 Å². The summed E-state index contributed by atoms with van der Waals surface area (Å²) in [6.07, 6.45) is 0. The molecule has 0 aliphatic heterocycles. The summed E-state index contributed by atoms with van der Waals surface area (Å²) in [6, 6.07) is 5.05. The minimum absolute atomic E-state index is 0.0905. The van der Waals surface area contributed by atoms with Crippen LogP contribution in [0.3, 0.4) is 0 Å². The Morgan fingerprint density at radius 2 is 1.67 bits per heavy atom. The van der Waals surface area contributed by atoms with Crippen LogP contribution in [0.25, 0.3) is 0 Å². The average Bonchev–Trinajstić information content (AvgIpc) is 2.49. The summed E-state index contributed by atoms with van der Waals surface area (Å²) in [7, 11) is 2.95. The number of amides is 2. The van der Waals surface area contributed by atoms with E-state index in [9.17, 15) is 9.59 Å². The van der Waals surface area contributed by atoms with Crippen LogP contribution in [-0.2, 0) is 4.79 Å². The summed E-state index contributed by atoms with van der Waals surface area (Å²) < 4.78 is 10.3. The summed E-state index contributed by atoms with van der Waals surface area (Å²) in [5.74, 6) is 0.512. The van der Waals surface area contributed by atoms with Crippen molar-refractivity contribution in [3.63, 3.8) is 0 Å². The number of rotatable bonds is 7. The van der Waals surface area contributed by atoms with Crippen LogP contribution >= 0.6 is 0 Å². The van der Waals surface area contributed by atoms with E-state index in [0.717, 1.165) is 0 Å². The first-order valence-corrected chi connectivity index (χ1v) is 6.75. The number of hydrogen-bond acceptors (Lipinski definition) is 4. The van der Waals surface area contributed by atoms with Crippen molar-refractivity contribution in [2.75, 3.05) is 27.3 Å². The van der Waals surface area contributed by atoms with E-state index in [0.29, 0.717) is 24.0 Å². The Labute approximate surface area is 124 Å². The van der Waals surface area contributed by atoms with Crippen molar-refractivity contribution >= 4 is 11.8 Å². The van der Waals surface area contributed by atoms with Gasteiger partial charge in [-0.3, -0.25) is 9.59 Å². The van der Waals surface area contributed by atoms with Gasteiger partial charge >= 0.3 is 0 Å². The zero-order chi connectivity index (χ0) is 15.8. The predicted molar refractivity (Wildman–Crippen MR) is 79.7 cm³/mol. The van der Waals surface area contributed by atoms with Crippen LogP contribution in [0.15, 0.2) is 18.2 Å². The molecule has 0 unspecified atom stereocenters. The highest BCUT2D eigenvalue weighted by Crippen LogP contribution is 2.27. The van der Waals surface area contributed by atoms with E-state index in [1.165, 1.54) is 14.2 Å². The molecule has 6 heteroatoms. The van der Waals surface area contributed by atoms with Crippen LogP contribution in [0.2, 0.25) is 0 Å². The molecule has 1 aromatic carbocycles. The summed E-state index contributed by atoms with van der Waals surface area (Å²) in [6.45, 7) is 4.48. The molecule has 0 bridgehead atoms. The van der Waals surface area contributed by atoms with Crippen LogP contribution in [0.4, 0.5) is 0 Å². The van der Waals surface area contributed by atoms with Crippen LogP contribution in [0, 0.1) is 5.92 Å². The highest BCUT2D eigenvalue weighted by molar-refractivity contribution is 6.01. The first-order chi connectivity index (χ1) is 9.99. The fraction of sp³-hybridized carbons (Fsp3) is 0.467. The SMILES string of the molecule is COc1cccc(OC)c1C(=O)NCC(=O)NCC(C)C. The van der Waals surface area contributed by atoms with E-state index in [2.05, 4.69) is 10.6 Å². The number of carbonyl (C=O) groups is 2. The van der Waals surface area contributed by atoms with Gasteiger partial charge in [0, 0.05) is 6.54 Å². The van der Waals surface area contributed by atoms with Crippen LogP contribution in [-0.4, -0.2) is 39.1 Å². The van der Waals surface area contributed by atoms with E-state index in [1.54, 1.807) is 18.2 Å². The van der Waals surface area contributed by atoms with Gasteiger partial charge in [0.25, 0.3) is 5.91 Å². The lowest BCUT2D eigenvalue weighted by Crippen LogP contribution is -2.38. The third-order valence-corrected chi connectivity index (χ3v) is 2.77. The van der Waals surface area contributed by atoms with Crippen molar-refractivity contribution in [2.24, 2.45) is 5.92 Å². The largest absolute Gasteiger partial charge is 0.496 e. The van der Waals surface area contributed by atoms with Gasteiger partial charge in [0.15, 0.2) is 0 Å². The molecule has 0 atom stereocenters. The zero-order valence-corrected chi connectivity index (χ0v) is 12.9. The number of ether oxygens (including phenoxy) is 2. The first kappa shape index (κ1) is 16.8. The van der Waals surface area contributed by atoms with Crippen LogP contribution in [0.5, 0.6) is 11.5 Å². The average molecular weight is 294 g/mol. The standard InChI is InChI=1S/C15H22N2O4/c1-10(2)8-16-13(18)9-17-15(19)14-11(20-3)6-5-7-12(14)21-4/h5-7,10H,8-9H2,1-4H3,(H,16,18)(H,17,19). The van der Waals surface area contributed by atoms with E-state index in [-0.39, 0.29) is 18.0 Å². The number of methoxy groups -OCH3 is 2. The number of benzene rings is 1. The lowest BCUT2D eigenvalue weighted by molar-refractivity contribution is -0.120. The fourth-order valence-corrected chi connectivity index (χ4v) is 1.70. The third kappa shape index (κ3) is 4.98. The molecule has 0 saturated carbocycles. The molecule has 0 fully saturated rings. The minimum atomic E-state index is -0.413. The lowest BCUT2D eigenvalue weighted by Gasteiger charge is -2.13. The van der Waals surface area contributed by atoms with Crippen molar-refractivity contribution in [3.8, 4) is 11.5 Å². The van der Waals surface area contributed by atoms with Crippen molar-refractivity contribution in [1.29, 1.82) is 0 Å². The molecule has 0 radical (unpaired) electrons. The predicted octanol–water partition coefficient (Wildman–Crippen LogP) is 1.21. The van der Waals surface area contributed by atoms with Gasteiger partial charge in [-0.1, -0.05) is 19.9 Å². The molecule has 6 nitrogen and oxygen atoms in total. The van der Waals surface area contributed by atoms with Gasteiger partial charge in [-0.25, -0.2) is 0 Å². The molecule has 116 valence electrons. The van der Waals surface area contributed by atoms with Gasteiger partial charge in [-0.15, -0.1) is 0 Å².